The fourth-order valence-electron chi connectivity index (χ4n) is 2.39. The SMILES string of the molecule is Cc1ccc(C(O)C2Cc3ccccc3S2)cc1Cl. The van der Waals surface area contributed by atoms with E-state index in [2.05, 4.69) is 18.2 Å². The number of benzene rings is 2. The normalized spacial score (nSPS) is 19.2. The van der Waals surface area contributed by atoms with Crippen LogP contribution < -0.4 is 0 Å². The summed E-state index contributed by atoms with van der Waals surface area (Å²) in [6, 6.07) is 14.2. The van der Waals surface area contributed by atoms with Crippen molar-refractivity contribution in [2.45, 2.75) is 29.6 Å². The molecule has 2 unspecified atom stereocenters. The molecule has 0 amide bonds. The van der Waals surface area contributed by atoms with Gasteiger partial charge < -0.3 is 5.11 Å². The molecule has 1 N–H and O–H groups in total. The Morgan fingerprint density at radius 2 is 2.05 bits per heavy atom. The summed E-state index contributed by atoms with van der Waals surface area (Å²) in [5, 5.41) is 11.4. The Hall–Kier alpha value is -0.960. The summed E-state index contributed by atoms with van der Waals surface area (Å²) >= 11 is 7.89. The first-order valence-electron chi connectivity index (χ1n) is 6.34. The molecule has 98 valence electrons. The van der Waals surface area contributed by atoms with Gasteiger partial charge in [-0.1, -0.05) is 41.9 Å². The van der Waals surface area contributed by atoms with E-state index in [0.717, 1.165) is 22.6 Å². The molecule has 0 saturated carbocycles. The predicted octanol–water partition coefficient (Wildman–Crippen LogP) is 4.40. The monoisotopic (exact) mass is 290 g/mol. The molecule has 0 bridgehead atoms. The van der Waals surface area contributed by atoms with Crippen molar-refractivity contribution in [3.8, 4) is 0 Å². The zero-order valence-corrected chi connectivity index (χ0v) is 12.2. The number of hydrogen-bond acceptors (Lipinski definition) is 2. The van der Waals surface area contributed by atoms with Gasteiger partial charge in [0.2, 0.25) is 0 Å². The number of halogens is 1. The van der Waals surface area contributed by atoms with Gasteiger partial charge in [-0.3, -0.25) is 0 Å². The first-order chi connectivity index (χ1) is 9.15. The number of aliphatic hydroxyl groups excluding tert-OH is 1. The number of aryl methyl sites for hydroxylation is 1. The Kier molecular flexibility index (Phi) is 3.57. The Morgan fingerprint density at radius 3 is 2.79 bits per heavy atom. The highest BCUT2D eigenvalue weighted by Crippen LogP contribution is 2.42. The summed E-state index contributed by atoms with van der Waals surface area (Å²) in [5.41, 5.74) is 3.27. The lowest BCUT2D eigenvalue weighted by Gasteiger charge is -2.18. The number of hydrogen-bond donors (Lipinski definition) is 1. The molecule has 2 atom stereocenters. The van der Waals surface area contributed by atoms with Crippen molar-refractivity contribution in [2.24, 2.45) is 0 Å². The number of rotatable bonds is 2. The second kappa shape index (κ2) is 5.20. The van der Waals surface area contributed by atoms with Crippen molar-refractivity contribution >= 4 is 23.4 Å². The van der Waals surface area contributed by atoms with Crippen LogP contribution in [0.15, 0.2) is 47.4 Å². The topological polar surface area (TPSA) is 20.2 Å². The van der Waals surface area contributed by atoms with E-state index in [1.165, 1.54) is 10.5 Å². The summed E-state index contributed by atoms with van der Waals surface area (Å²) in [5.74, 6) is 0. The fraction of sp³-hybridized carbons (Fsp3) is 0.250. The maximum atomic E-state index is 10.5. The van der Waals surface area contributed by atoms with Crippen LogP contribution in [0.5, 0.6) is 0 Å². The van der Waals surface area contributed by atoms with Gasteiger partial charge in [-0.2, -0.15) is 0 Å². The molecule has 0 aliphatic carbocycles. The molecule has 0 saturated heterocycles. The standard InChI is InChI=1S/C16H15ClOS/c1-10-6-7-12(8-13(10)17)16(18)15-9-11-4-2-3-5-14(11)19-15/h2-8,15-16,18H,9H2,1H3. The van der Waals surface area contributed by atoms with E-state index in [4.69, 9.17) is 11.6 Å². The third kappa shape index (κ3) is 2.53. The summed E-state index contributed by atoms with van der Waals surface area (Å²) in [6.07, 6.45) is 0.434. The molecule has 1 heterocycles. The van der Waals surface area contributed by atoms with Crippen LogP contribution in [-0.2, 0) is 6.42 Å². The minimum absolute atomic E-state index is 0.177. The molecule has 19 heavy (non-hydrogen) atoms. The first kappa shape index (κ1) is 13.0. The average molecular weight is 291 g/mol. The van der Waals surface area contributed by atoms with Gasteiger partial charge in [0.25, 0.3) is 0 Å². The third-order valence-corrected chi connectivity index (χ3v) is 5.35. The highest BCUT2D eigenvalue weighted by Gasteiger charge is 2.29. The van der Waals surface area contributed by atoms with Crippen LogP contribution >= 0.6 is 23.4 Å². The summed E-state index contributed by atoms with van der Waals surface area (Å²) < 4.78 is 0. The molecule has 0 radical (unpaired) electrons. The minimum Gasteiger partial charge on any atom is -0.387 e. The van der Waals surface area contributed by atoms with E-state index in [-0.39, 0.29) is 5.25 Å². The largest absolute Gasteiger partial charge is 0.387 e. The van der Waals surface area contributed by atoms with Crippen molar-refractivity contribution in [3.05, 3.63) is 64.2 Å². The smallest absolute Gasteiger partial charge is 0.0915 e. The fourth-order valence-corrected chi connectivity index (χ4v) is 3.92. The van der Waals surface area contributed by atoms with Gasteiger partial charge in [0.15, 0.2) is 0 Å². The highest BCUT2D eigenvalue weighted by molar-refractivity contribution is 8.00. The minimum atomic E-state index is -0.476. The molecule has 2 aromatic carbocycles. The zero-order chi connectivity index (χ0) is 13.4. The summed E-state index contributed by atoms with van der Waals surface area (Å²) in [4.78, 5) is 1.28. The Bertz CT molecular complexity index is 586. The lowest BCUT2D eigenvalue weighted by atomic mass is 10.0. The Morgan fingerprint density at radius 1 is 1.26 bits per heavy atom. The number of fused-ring (bicyclic) bond motifs is 1. The Balaban J connectivity index is 1.82. The van der Waals surface area contributed by atoms with Crippen LogP contribution in [0.2, 0.25) is 5.02 Å². The van der Waals surface area contributed by atoms with Gasteiger partial charge in [-0.15, -0.1) is 11.8 Å². The van der Waals surface area contributed by atoms with Crippen molar-refractivity contribution in [1.82, 2.24) is 0 Å². The molecule has 1 aliphatic rings. The predicted molar refractivity (Wildman–Crippen MR) is 80.9 cm³/mol. The van der Waals surface area contributed by atoms with Crippen LogP contribution in [0.25, 0.3) is 0 Å². The van der Waals surface area contributed by atoms with E-state index in [1.807, 2.05) is 31.2 Å². The van der Waals surface area contributed by atoms with E-state index < -0.39 is 6.10 Å². The lowest BCUT2D eigenvalue weighted by Crippen LogP contribution is -2.14. The van der Waals surface area contributed by atoms with Gasteiger partial charge in [0, 0.05) is 15.2 Å². The second-order valence-corrected chi connectivity index (χ2v) is 6.61. The van der Waals surface area contributed by atoms with E-state index in [0.29, 0.717) is 0 Å². The van der Waals surface area contributed by atoms with Crippen LogP contribution in [0, 0.1) is 6.92 Å². The van der Waals surface area contributed by atoms with Crippen molar-refractivity contribution in [1.29, 1.82) is 0 Å². The van der Waals surface area contributed by atoms with Crippen molar-refractivity contribution < 1.29 is 5.11 Å². The Labute approximate surface area is 122 Å². The lowest BCUT2D eigenvalue weighted by molar-refractivity contribution is 0.175. The number of thioether (sulfide) groups is 1. The molecule has 3 heteroatoms. The molecule has 0 fully saturated rings. The summed E-state index contributed by atoms with van der Waals surface area (Å²) in [6.45, 7) is 1.97. The average Bonchev–Trinajstić information content (AvgIpc) is 2.85. The van der Waals surface area contributed by atoms with Crippen molar-refractivity contribution in [3.63, 3.8) is 0 Å². The van der Waals surface area contributed by atoms with E-state index in [9.17, 15) is 5.11 Å². The molecular formula is C16H15ClOS. The number of aliphatic hydroxyl groups is 1. The molecule has 3 rings (SSSR count). The van der Waals surface area contributed by atoms with Crippen molar-refractivity contribution in [2.75, 3.05) is 0 Å². The maximum absolute atomic E-state index is 10.5. The van der Waals surface area contributed by atoms with Crippen LogP contribution in [0.4, 0.5) is 0 Å². The molecule has 0 aromatic heterocycles. The summed E-state index contributed by atoms with van der Waals surface area (Å²) in [7, 11) is 0. The highest BCUT2D eigenvalue weighted by atomic mass is 35.5. The van der Waals surface area contributed by atoms with Gasteiger partial charge >= 0.3 is 0 Å². The molecule has 1 nitrogen and oxygen atoms in total. The molecular weight excluding hydrogens is 276 g/mol. The van der Waals surface area contributed by atoms with Gasteiger partial charge in [-0.05, 0) is 42.2 Å². The maximum Gasteiger partial charge on any atom is 0.0915 e. The van der Waals surface area contributed by atoms with Gasteiger partial charge in [0.1, 0.15) is 0 Å². The first-order valence-corrected chi connectivity index (χ1v) is 7.59. The van der Waals surface area contributed by atoms with Crippen LogP contribution in [-0.4, -0.2) is 10.4 Å². The molecule has 0 spiro atoms. The zero-order valence-electron chi connectivity index (χ0n) is 10.6. The van der Waals surface area contributed by atoms with Gasteiger partial charge in [0.05, 0.1) is 6.10 Å². The molecule has 2 aromatic rings. The van der Waals surface area contributed by atoms with Crippen LogP contribution in [0.3, 0.4) is 0 Å². The van der Waals surface area contributed by atoms with Crippen LogP contribution in [0.1, 0.15) is 22.8 Å². The molecule has 1 aliphatic heterocycles. The van der Waals surface area contributed by atoms with Gasteiger partial charge in [-0.25, -0.2) is 0 Å². The second-order valence-electron chi connectivity index (χ2n) is 4.92. The quantitative estimate of drug-likeness (QED) is 0.885. The van der Waals surface area contributed by atoms with E-state index >= 15 is 0 Å². The third-order valence-electron chi connectivity index (χ3n) is 3.56. The van der Waals surface area contributed by atoms with E-state index in [1.54, 1.807) is 11.8 Å².